The molecule has 1 aliphatic carbocycles. The summed E-state index contributed by atoms with van der Waals surface area (Å²) in [6.07, 6.45) is 0.325. The molecule has 0 spiro atoms. The topological polar surface area (TPSA) is 71.5 Å². The van der Waals surface area contributed by atoms with Crippen LogP contribution >= 0.6 is 0 Å². The van der Waals surface area contributed by atoms with Gasteiger partial charge in [0.25, 0.3) is 5.91 Å². The van der Waals surface area contributed by atoms with E-state index in [0.29, 0.717) is 18.4 Å². The molecule has 1 amide bonds. The SMILES string of the molecule is O=C(NCc1ccnc(OCC(F)(F)F)c1)C1(O)CCCCC1. The number of hydrogen-bond donors (Lipinski definition) is 2. The highest BCUT2D eigenvalue weighted by Gasteiger charge is 2.36. The van der Waals surface area contributed by atoms with E-state index in [-0.39, 0.29) is 12.4 Å². The minimum atomic E-state index is -4.43. The zero-order chi connectivity index (χ0) is 16.9. The van der Waals surface area contributed by atoms with E-state index in [1.54, 1.807) is 6.07 Å². The molecule has 8 heteroatoms. The highest BCUT2D eigenvalue weighted by Crippen LogP contribution is 2.28. The summed E-state index contributed by atoms with van der Waals surface area (Å²) in [4.78, 5) is 15.8. The van der Waals surface area contributed by atoms with E-state index in [0.717, 1.165) is 19.3 Å². The van der Waals surface area contributed by atoms with Crippen LogP contribution in [0.5, 0.6) is 5.88 Å². The summed E-state index contributed by atoms with van der Waals surface area (Å²) in [5.74, 6) is -0.614. The molecule has 1 aromatic heterocycles. The third kappa shape index (κ3) is 5.38. The molecular weight excluding hydrogens is 313 g/mol. The summed E-state index contributed by atoms with van der Waals surface area (Å²) in [6, 6.07) is 2.89. The minimum absolute atomic E-state index is 0.0893. The van der Waals surface area contributed by atoms with Crippen LogP contribution in [-0.4, -0.2) is 34.4 Å². The Hall–Kier alpha value is -1.83. The molecule has 0 aliphatic heterocycles. The quantitative estimate of drug-likeness (QED) is 0.868. The van der Waals surface area contributed by atoms with Gasteiger partial charge in [-0.2, -0.15) is 13.2 Å². The van der Waals surface area contributed by atoms with E-state index >= 15 is 0 Å². The largest absolute Gasteiger partial charge is 0.468 e. The van der Waals surface area contributed by atoms with Gasteiger partial charge in [0.05, 0.1) is 0 Å². The number of rotatable bonds is 5. The Kier molecular flexibility index (Phi) is 5.46. The van der Waals surface area contributed by atoms with Crippen molar-refractivity contribution >= 4 is 5.91 Å². The van der Waals surface area contributed by atoms with Crippen LogP contribution in [0.1, 0.15) is 37.7 Å². The van der Waals surface area contributed by atoms with Gasteiger partial charge in [-0.1, -0.05) is 19.3 Å². The maximum absolute atomic E-state index is 12.1. The number of carbonyl (C=O) groups excluding carboxylic acids is 1. The summed E-state index contributed by atoms with van der Waals surface area (Å²) in [5.41, 5.74) is -0.800. The first-order valence-electron chi connectivity index (χ1n) is 7.44. The number of aromatic nitrogens is 1. The molecule has 5 nitrogen and oxygen atoms in total. The highest BCUT2D eigenvalue weighted by molar-refractivity contribution is 5.84. The molecule has 0 bridgehead atoms. The second-order valence-corrected chi connectivity index (χ2v) is 5.68. The van der Waals surface area contributed by atoms with Gasteiger partial charge in [-0.15, -0.1) is 0 Å². The molecule has 2 N–H and O–H groups in total. The second-order valence-electron chi connectivity index (χ2n) is 5.68. The molecule has 1 saturated carbocycles. The average molecular weight is 332 g/mol. The van der Waals surface area contributed by atoms with Crippen molar-refractivity contribution in [2.24, 2.45) is 0 Å². The molecule has 0 atom stereocenters. The number of pyridine rings is 1. The van der Waals surface area contributed by atoms with Crippen LogP contribution in [-0.2, 0) is 11.3 Å². The van der Waals surface area contributed by atoms with E-state index in [1.807, 2.05) is 0 Å². The van der Waals surface area contributed by atoms with Gasteiger partial charge in [0, 0.05) is 18.8 Å². The Balaban J connectivity index is 1.89. The Morgan fingerprint density at radius 2 is 2.04 bits per heavy atom. The number of ether oxygens (including phenoxy) is 1. The van der Waals surface area contributed by atoms with Gasteiger partial charge in [-0.3, -0.25) is 4.79 Å². The second kappa shape index (κ2) is 7.16. The van der Waals surface area contributed by atoms with Crippen molar-refractivity contribution < 1.29 is 27.8 Å². The third-order valence-electron chi connectivity index (χ3n) is 3.74. The fourth-order valence-electron chi connectivity index (χ4n) is 2.51. The summed E-state index contributed by atoms with van der Waals surface area (Å²) in [5, 5.41) is 12.9. The van der Waals surface area contributed by atoms with Crippen LogP contribution < -0.4 is 10.1 Å². The molecule has 1 aromatic rings. The zero-order valence-corrected chi connectivity index (χ0v) is 12.5. The smallest absolute Gasteiger partial charge is 0.422 e. The molecule has 1 aliphatic rings. The van der Waals surface area contributed by atoms with Crippen LogP contribution in [0.2, 0.25) is 0 Å². The molecule has 0 radical (unpaired) electrons. The number of carbonyl (C=O) groups is 1. The molecule has 0 saturated heterocycles. The first kappa shape index (κ1) is 17.5. The Labute approximate surface area is 131 Å². The third-order valence-corrected chi connectivity index (χ3v) is 3.74. The summed E-state index contributed by atoms with van der Waals surface area (Å²) >= 11 is 0. The fraction of sp³-hybridized carbons (Fsp3) is 0.600. The summed E-state index contributed by atoms with van der Waals surface area (Å²) in [6.45, 7) is -1.33. The molecule has 128 valence electrons. The van der Waals surface area contributed by atoms with E-state index < -0.39 is 24.3 Å². The van der Waals surface area contributed by atoms with Crippen molar-refractivity contribution in [3.63, 3.8) is 0 Å². The maximum Gasteiger partial charge on any atom is 0.422 e. The van der Waals surface area contributed by atoms with Gasteiger partial charge >= 0.3 is 6.18 Å². The van der Waals surface area contributed by atoms with E-state index in [1.165, 1.54) is 12.3 Å². The van der Waals surface area contributed by atoms with Gasteiger partial charge < -0.3 is 15.2 Å². The predicted molar refractivity (Wildman–Crippen MR) is 75.7 cm³/mol. The van der Waals surface area contributed by atoms with Gasteiger partial charge in [-0.25, -0.2) is 4.98 Å². The standard InChI is InChI=1S/C15H19F3N2O3/c16-15(17,18)10-23-12-8-11(4-7-19-12)9-20-13(21)14(22)5-2-1-3-6-14/h4,7-8,22H,1-3,5-6,9-10H2,(H,20,21). The predicted octanol–water partition coefficient (Wildman–Crippen LogP) is 2.33. The molecule has 1 fully saturated rings. The van der Waals surface area contributed by atoms with Crippen LogP contribution in [0.4, 0.5) is 13.2 Å². The first-order chi connectivity index (χ1) is 10.8. The van der Waals surface area contributed by atoms with Crippen molar-refractivity contribution in [2.75, 3.05) is 6.61 Å². The molecular formula is C15H19F3N2O3. The lowest BCUT2D eigenvalue weighted by molar-refractivity contribution is -0.154. The van der Waals surface area contributed by atoms with E-state index in [2.05, 4.69) is 15.0 Å². The van der Waals surface area contributed by atoms with Gasteiger partial charge in [-0.05, 0) is 24.5 Å². The average Bonchev–Trinajstić information content (AvgIpc) is 2.51. The number of nitrogens with zero attached hydrogens (tertiary/aromatic N) is 1. The normalized spacial score (nSPS) is 17.6. The van der Waals surface area contributed by atoms with Crippen LogP contribution in [0.3, 0.4) is 0 Å². The van der Waals surface area contributed by atoms with Gasteiger partial charge in [0.15, 0.2) is 6.61 Å². The lowest BCUT2D eigenvalue weighted by Gasteiger charge is -2.30. The van der Waals surface area contributed by atoms with Crippen molar-refractivity contribution in [3.8, 4) is 5.88 Å². The molecule has 0 aromatic carbocycles. The number of aliphatic hydroxyl groups is 1. The van der Waals surface area contributed by atoms with Gasteiger partial charge in [0.1, 0.15) is 5.60 Å². The Morgan fingerprint density at radius 3 is 2.70 bits per heavy atom. The molecule has 1 heterocycles. The summed E-state index contributed by atoms with van der Waals surface area (Å²) in [7, 11) is 0. The van der Waals surface area contributed by atoms with Crippen molar-refractivity contribution in [1.29, 1.82) is 0 Å². The highest BCUT2D eigenvalue weighted by atomic mass is 19.4. The van der Waals surface area contributed by atoms with Crippen molar-refractivity contribution in [3.05, 3.63) is 23.9 Å². The molecule has 23 heavy (non-hydrogen) atoms. The molecule has 2 rings (SSSR count). The van der Waals surface area contributed by atoms with Crippen molar-refractivity contribution in [1.82, 2.24) is 10.3 Å². The lowest BCUT2D eigenvalue weighted by Crippen LogP contribution is -2.47. The fourth-order valence-corrected chi connectivity index (χ4v) is 2.51. The van der Waals surface area contributed by atoms with E-state index in [9.17, 15) is 23.1 Å². The number of nitrogens with one attached hydrogen (secondary N) is 1. The minimum Gasteiger partial charge on any atom is -0.468 e. The van der Waals surface area contributed by atoms with E-state index in [4.69, 9.17) is 0 Å². The monoisotopic (exact) mass is 332 g/mol. The Bertz CT molecular complexity index is 543. The maximum atomic E-state index is 12.1. The Morgan fingerprint density at radius 1 is 1.35 bits per heavy atom. The van der Waals surface area contributed by atoms with Crippen molar-refractivity contribution in [2.45, 2.75) is 50.4 Å². The number of alkyl halides is 3. The molecule has 0 unspecified atom stereocenters. The van der Waals surface area contributed by atoms with Crippen LogP contribution in [0, 0.1) is 0 Å². The zero-order valence-electron chi connectivity index (χ0n) is 12.5. The number of hydrogen-bond acceptors (Lipinski definition) is 4. The van der Waals surface area contributed by atoms with Crippen LogP contribution in [0.15, 0.2) is 18.3 Å². The first-order valence-corrected chi connectivity index (χ1v) is 7.44. The number of halogens is 3. The number of amides is 1. The summed E-state index contributed by atoms with van der Waals surface area (Å²) < 4.78 is 40.9. The lowest BCUT2D eigenvalue weighted by atomic mass is 9.84. The van der Waals surface area contributed by atoms with Gasteiger partial charge in [0.2, 0.25) is 5.88 Å². The van der Waals surface area contributed by atoms with Crippen LogP contribution in [0.25, 0.3) is 0 Å².